The second kappa shape index (κ2) is 6.05. The van der Waals surface area contributed by atoms with Crippen LogP contribution in [0.3, 0.4) is 0 Å². The maximum Gasteiger partial charge on any atom is 0.303 e. The third kappa shape index (κ3) is 3.61. The number of carboxylic acids is 1. The average molecular weight is 265 g/mol. The lowest BCUT2D eigenvalue weighted by Gasteiger charge is -2.13. The van der Waals surface area contributed by atoms with E-state index in [1.54, 1.807) is 0 Å². The van der Waals surface area contributed by atoms with Crippen LogP contribution in [-0.4, -0.2) is 11.1 Å². The fourth-order valence-corrected chi connectivity index (χ4v) is 2.73. The molecule has 0 bridgehead atoms. The highest BCUT2D eigenvalue weighted by Gasteiger charge is 2.26. The summed E-state index contributed by atoms with van der Waals surface area (Å²) in [5.41, 5.74) is 1.11. The van der Waals surface area contributed by atoms with Gasteiger partial charge in [-0.25, -0.2) is 0 Å². The fourth-order valence-electron chi connectivity index (χ4n) is 2.61. The summed E-state index contributed by atoms with van der Waals surface area (Å²) >= 11 is 5.83. The van der Waals surface area contributed by atoms with Crippen molar-refractivity contribution in [1.82, 2.24) is 0 Å². The monoisotopic (exact) mass is 264 g/mol. The van der Waals surface area contributed by atoms with Gasteiger partial charge in [0.15, 0.2) is 0 Å². The Labute approximate surface area is 112 Å². The van der Waals surface area contributed by atoms with Gasteiger partial charge in [0.1, 0.15) is 0 Å². The molecule has 96 valence electrons. The molecule has 2 atom stereocenters. The Bertz CT molecular complexity index is 436. The second-order valence-corrected chi connectivity index (χ2v) is 5.30. The molecule has 0 aromatic heterocycles. The Morgan fingerprint density at radius 2 is 2.06 bits per heavy atom. The number of benzene rings is 1. The Balaban J connectivity index is 1.99. The standard InChI is InChI=1S/C15H17ClO2/c16-14-8-5-11(6-9-14)4-7-12-2-1-3-13(12)10-15(17)18/h4-9,12-13H,1-3,10H2,(H,17,18). The molecule has 1 aliphatic carbocycles. The van der Waals surface area contributed by atoms with Crippen molar-refractivity contribution in [3.63, 3.8) is 0 Å². The van der Waals surface area contributed by atoms with Gasteiger partial charge in [0, 0.05) is 11.4 Å². The topological polar surface area (TPSA) is 37.3 Å². The van der Waals surface area contributed by atoms with E-state index in [2.05, 4.69) is 12.2 Å². The normalized spacial score (nSPS) is 23.6. The van der Waals surface area contributed by atoms with Crippen molar-refractivity contribution in [3.05, 3.63) is 40.9 Å². The first-order valence-electron chi connectivity index (χ1n) is 6.31. The number of carbonyl (C=O) groups is 1. The Kier molecular flexibility index (Phi) is 4.43. The van der Waals surface area contributed by atoms with Gasteiger partial charge in [0.25, 0.3) is 0 Å². The number of aliphatic carboxylic acids is 1. The summed E-state index contributed by atoms with van der Waals surface area (Å²) in [4.78, 5) is 10.8. The molecular formula is C15H17ClO2. The summed E-state index contributed by atoms with van der Waals surface area (Å²) < 4.78 is 0. The number of allylic oxidation sites excluding steroid dienone is 1. The highest BCUT2D eigenvalue weighted by Crippen LogP contribution is 2.35. The highest BCUT2D eigenvalue weighted by atomic mass is 35.5. The van der Waals surface area contributed by atoms with Crippen LogP contribution in [0, 0.1) is 11.8 Å². The van der Waals surface area contributed by atoms with Gasteiger partial charge in [0.2, 0.25) is 0 Å². The van der Waals surface area contributed by atoms with Crippen molar-refractivity contribution in [2.45, 2.75) is 25.7 Å². The molecule has 1 aliphatic rings. The molecule has 1 N–H and O–H groups in total. The van der Waals surface area contributed by atoms with Crippen molar-refractivity contribution >= 4 is 23.6 Å². The largest absolute Gasteiger partial charge is 0.481 e. The molecule has 3 heteroatoms. The predicted octanol–water partition coefficient (Wildman–Crippen LogP) is 4.24. The van der Waals surface area contributed by atoms with Crippen LogP contribution >= 0.6 is 11.6 Å². The molecule has 0 amide bonds. The minimum atomic E-state index is -0.688. The van der Waals surface area contributed by atoms with Crippen molar-refractivity contribution in [2.24, 2.45) is 11.8 Å². The van der Waals surface area contributed by atoms with Gasteiger partial charge in [-0.2, -0.15) is 0 Å². The molecule has 0 saturated heterocycles. The van der Waals surface area contributed by atoms with E-state index in [-0.39, 0.29) is 6.42 Å². The summed E-state index contributed by atoms with van der Waals surface area (Å²) in [6, 6.07) is 7.68. The maximum absolute atomic E-state index is 10.8. The molecular weight excluding hydrogens is 248 g/mol. The summed E-state index contributed by atoms with van der Waals surface area (Å²) in [5, 5.41) is 9.60. The molecule has 0 heterocycles. The Morgan fingerprint density at radius 3 is 2.72 bits per heavy atom. The number of rotatable bonds is 4. The van der Waals surface area contributed by atoms with E-state index in [4.69, 9.17) is 16.7 Å². The Morgan fingerprint density at radius 1 is 1.33 bits per heavy atom. The van der Waals surface area contributed by atoms with Crippen LogP contribution in [0.1, 0.15) is 31.2 Å². The van der Waals surface area contributed by atoms with E-state index >= 15 is 0 Å². The first-order chi connectivity index (χ1) is 8.65. The van der Waals surface area contributed by atoms with Crippen LogP contribution in [0.5, 0.6) is 0 Å². The van der Waals surface area contributed by atoms with E-state index in [0.29, 0.717) is 11.8 Å². The quantitative estimate of drug-likeness (QED) is 0.883. The van der Waals surface area contributed by atoms with E-state index in [9.17, 15) is 4.79 Å². The summed E-state index contributed by atoms with van der Waals surface area (Å²) in [7, 11) is 0. The van der Waals surface area contributed by atoms with Crippen LogP contribution < -0.4 is 0 Å². The second-order valence-electron chi connectivity index (χ2n) is 4.86. The predicted molar refractivity (Wildman–Crippen MR) is 73.6 cm³/mol. The molecule has 1 aromatic rings. The lowest BCUT2D eigenvalue weighted by atomic mass is 9.92. The number of carboxylic acid groups (broad SMARTS) is 1. The smallest absolute Gasteiger partial charge is 0.303 e. The zero-order chi connectivity index (χ0) is 13.0. The van der Waals surface area contributed by atoms with Gasteiger partial charge in [-0.3, -0.25) is 4.79 Å². The van der Waals surface area contributed by atoms with Crippen LogP contribution in [0.25, 0.3) is 6.08 Å². The van der Waals surface area contributed by atoms with Crippen LogP contribution in [0.4, 0.5) is 0 Å². The van der Waals surface area contributed by atoms with Gasteiger partial charge >= 0.3 is 5.97 Å². The van der Waals surface area contributed by atoms with Crippen LogP contribution in [-0.2, 0) is 4.79 Å². The number of hydrogen-bond donors (Lipinski definition) is 1. The molecule has 2 nitrogen and oxygen atoms in total. The third-order valence-corrected chi connectivity index (χ3v) is 3.81. The molecule has 1 aromatic carbocycles. The average Bonchev–Trinajstić information content (AvgIpc) is 2.75. The molecule has 1 saturated carbocycles. The molecule has 2 rings (SSSR count). The first-order valence-corrected chi connectivity index (χ1v) is 6.68. The minimum absolute atomic E-state index is 0.287. The molecule has 0 aliphatic heterocycles. The third-order valence-electron chi connectivity index (χ3n) is 3.56. The molecule has 2 unspecified atom stereocenters. The van der Waals surface area contributed by atoms with Crippen molar-refractivity contribution in [2.75, 3.05) is 0 Å². The Hall–Kier alpha value is -1.28. The summed E-state index contributed by atoms with van der Waals surface area (Å²) in [5.74, 6) is 0.00891. The summed E-state index contributed by atoms with van der Waals surface area (Å²) in [6.07, 6.45) is 7.78. The van der Waals surface area contributed by atoms with Crippen LogP contribution in [0.15, 0.2) is 30.3 Å². The zero-order valence-corrected chi connectivity index (χ0v) is 10.9. The number of hydrogen-bond acceptors (Lipinski definition) is 1. The first kappa shape index (κ1) is 13.2. The lowest BCUT2D eigenvalue weighted by Crippen LogP contribution is -2.10. The molecule has 0 radical (unpaired) electrons. The van der Waals surface area contributed by atoms with Crippen LogP contribution in [0.2, 0.25) is 5.02 Å². The van der Waals surface area contributed by atoms with E-state index in [0.717, 1.165) is 29.8 Å². The van der Waals surface area contributed by atoms with Crippen molar-refractivity contribution in [1.29, 1.82) is 0 Å². The SMILES string of the molecule is O=C(O)CC1CCCC1C=Cc1ccc(Cl)cc1. The van der Waals surface area contributed by atoms with E-state index < -0.39 is 5.97 Å². The fraction of sp³-hybridized carbons (Fsp3) is 0.400. The van der Waals surface area contributed by atoms with E-state index in [1.165, 1.54) is 0 Å². The molecule has 1 fully saturated rings. The highest BCUT2D eigenvalue weighted by molar-refractivity contribution is 6.30. The maximum atomic E-state index is 10.8. The van der Waals surface area contributed by atoms with Gasteiger partial charge in [-0.05, 0) is 42.4 Å². The van der Waals surface area contributed by atoms with Gasteiger partial charge < -0.3 is 5.11 Å². The molecule has 0 spiro atoms. The van der Waals surface area contributed by atoms with Gasteiger partial charge in [-0.1, -0.05) is 42.3 Å². The summed E-state index contributed by atoms with van der Waals surface area (Å²) in [6.45, 7) is 0. The minimum Gasteiger partial charge on any atom is -0.481 e. The van der Waals surface area contributed by atoms with Gasteiger partial charge in [0.05, 0.1) is 0 Å². The van der Waals surface area contributed by atoms with Crippen molar-refractivity contribution in [3.8, 4) is 0 Å². The lowest BCUT2D eigenvalue weighted by molar-refractivity contribution is -0.138. The van der Waals surface area contributed by atoms with E-state index in [1.807, 2.05) is 24.3 Å². The number of halogens is 1. The van der Waals surface area contributed by atoms with Gasteiger partial charge in [-0.15, -0.1) is 0 Å². The van der Waals surface area contributed by atoms with Crippen molar-refractivity contribution < 1.29 is 9.90 Å². The zero-order valence-electron chi connectivity index (χ0n) is 10.2. The molecule has 18 heavy (non-hydrogen) atoms.